The van der Waals surface area contributed by atoms with Gasteiger partial charge in [-0.2, -0.15) is 0 Å². The summed E-state index contributed by atoms with van der Waals surface area (Å²) < 4.78 is 14.0. The van der Waals surface area contributed by atoms with Crippen molar-refractivity contribution in [2.24, 2.45) is 0 Å². The van der Waals surface area contributed by atoms with Crippen LogP contribution in [-0.4, -0.2) is 4.98 Å². The molecule has 1 unspecified atom stereocenters. The monoisotopic (exact) mass is 407 g/mol. The lowest BCUT2D eigenvalue weighted by Gasteiger charge is -2.26. The Labute approximate surface area is 182 Å². The highest BCUT2D eigenvalue weighted by molar-refractivity contribution is 6.09. The van der Waals surface area contributed by atoms with E-state index in [1.165, 1.54) is 51.9 Å². The molecule has 5 aromatic rings. The first-order valence-electron chi connectivity index (χ1n) is 11.2. The highest BCUT2D eigenvalue weighted by atomic mass is 19.1. The van der Waals surface area contributed by atoms with Crippen LogP contribution in [0.3, 0.4) is 0 Å². The van der Waals surface area contributed by atoms with Crippen LogP contribution in [0.25, 0.3) is 32.3 Å². The number of hydrogen-bond donors (Lipinski definition) is 0. The first-order valence-corrected chi connectivity index (χ1v) is 11.2. The first-order chi connectivity index (χ1) is 15.3. The molecular weight excluding hydrogens is 381 g/mol. The van der Waals surface area contributed by atoms with Gasteiger partial charge in [-0.15, -0.1) is 0 Å². The molecule has 1 heterocycles. The Balaban J connectivity index is 0.000000171. The largest absolute Gasteiger partial charge is 0.264 e. The lowest BCUT2D eigenvalue weighted by molar-refractivity contribution is 0.542. The minimum absolute atomic E-state index is 0.126. The predicted molar refractivity (Wildman–Crippen MR) is 129 cm³/mol. The van der Waals surface area contributed by atoms with Gasteiger partial charge in [0.05, 0.1) is 0 Å². The Hall–Kier alpha value is -3.26. The maximum absolute atomic E-state index is 14.0. The van der Waals surface area contributed by atoms with Crippen molar-refractivity contribution in [3.8, 4) is 0 Å². The van der Waals surface area contributed by atoms with Gasteiger partial charge in [-0.3, -0.25) is 4.98 Å². The number of pyridine rings is 1. The summed E-state index contributed by atoms with van der Waals surface area (Å²) in [7, 11) is 0. The molecule has 0 N–H and O–H groups in total. The lowest BCUT2D eigenvalue weighted by atomic mass is 9.79. The second kappa shape index (κ2) is 8.47. The molecule has 0 radical (unpaired) electrons. The minimum Gasteiger partial charge on any atom is -0.264 e. The molecule has 0 saturated carbocycles. The highest BCUT2D eigenvalue weighted by Gasteiger charge is 2.21. The van der Waals surface area contributed by atoms with Crippen molar-refractivity contribution >= 4 is 32.3 Å². The van der Waals surface area contributed by atoms with Crippen LogP contribution in [-0.2, 0) is 6.42 Å². The molecule has 6 rings (SSSR count). The van der Waals surface area contributed by atoms with Gasteiger partial charge >= 0.3 is 0 Å². The van der Waals surface area contributed by atoms with E-state index in [0.717, 1.165) is 17.2 Å². The average Bonchev–Trinajstić information content (AvgIpc) is 2.84. The molecule has 1 aliphatic rings. The highest BCUT2D eigenvalue weighted by Crippen LogP contribution is 2.39. The van der Waals surface area contributed by atoms with Crippen molar-refractivity contribution in [3.63, 3.8) is 0 Å². The maximum atomic E-state index is 14.0. The number of hydrogen-bond acceptors (Lipinski definition) is 1. The normalized spacial score (nSPS) is 15.5. The molecule has 154 valence electrons. The summed E-state index contributed by atoms with van der Waals surface area (Å²) in [5.41, 5.74) is 3.02. The molecule has 0 saturated heterocycles. The van der Waals surface area contributed by atoms with Crippen LogP contribution in [0.15, 0.2) is 85.2 Å². The van der Waals surface area contributed by atoms with Crippen molar-refractivity contribution in [1.82, 2.24) is 4.98 Å². The molecule has 4 aromatic carbocycles. The zero-order chi connectivity index (χ0) is 21.2. The minimum atomic E-state index is -0.126. The molecule has 1 aliphatic carbocycles. The summed E-state index contributed by atoms with van der Waals surface area (Å²) >= 11 is 0. The Bertz CT molecular complexity index is 1310. The van der Waals surface area contributed by atoms with Gasteiger partial charge in [-0.25, -0.2) is 4.39 Å². The van der Waals surface area contributed by atoms with Crippen molar-refractivity contribution in [2.45, 2.75) is 38.5 Å². The van der Waals surface area contributed by atoms with Gasteiger partial charge in [0.2, 0.25) is 0 Å². The van der Waals surface area contributed by atoms with E-state index < -0.39 is 0 Å². The van der Waals surface area contributed by atoms with Gasteiger partial charge in [0.1, 0.15) is 5.82 Å². The standard InChI is InChI=1S/C20H19F.C9H7N/c1-2-13-5-3-6-15-14(13)9-10-18-16-7-4-8-20(21)19(16)12-11-17(15)18;1-2-4-9-7-10-6-5-8(9)3-1/h4,7-13H,2-3,5-6H2,1H3;1-7H. The van der Waals surface area contributed by atoms with Crippen LogP contribution in [0.2, 0.25) is 0 Å². The van der Waals surface area contributed by atoms with Crippen LogP contribution in [0.1, 0.15) is 43.2 Å². The van der Waals surface area contributed by atoms with E-state index in [1.807, 2.05) is 48.8 Å². The van der Waals surface area contributed by atoms with E-state index in [9.17, 15) is 4.39 Å². The van der Waals surface area contributed by atoms with E-state index in [4.69, 9.17) is 0 Å². The van der Waals surface area contributed by atoms with Crippen LogP contribution < -0.4 is 0 Å². The quantitative estimate of drug-likeness (QED) is 0.255. The van der Waals surface area contributed by atoms with E-state index in [1.54, 1.807) is 6.07 Å². The zero-order valence-electron chi connectivity index (χ0n) is 17.8. The molecule has 0 spiro atoms. The summed E-state index contributed by atoms with van der Waals surface area (Å²) in [5.74, 6) is 0.569. The fourth-order valence-electron chi connectivity index (χ4n) is 5.01. The Morgan fingerprint density at radius 3 is 2.42 bits per heavy atom. The summed E-state index contributed by atoms with van der Waals surface area (Å²) in [6.07, 6.45) is 8.62. The van der Waals surface area contributed by atoms with Crippen molar-refractivity contribution in [3.05, 3.63) is 102 Å². The fourth-order valence-corrected chi connectivity index (χ4v) is 5.01. The smallest absolute Gasteiger partial charge is 0.131 e. The van der Waals surface area contributed by atoms with Crippen LogP contribution >= 0.6 is 0 Å². The Kier molecular flexibility index (Phi) is 5.38. The number of nitrogens with zero attached hydrogens (tertiary/aromatic N) is 1. The van der Waals surface area contributed by atoms with E-state index >= 15 is 0 Å². The topological polar surface area (TPSA) is 12.9 Å². The van der Waals surface area contributed by atoms with Crippen LogP contribution in [0.4, 0.5) is 4.39 Å². The van der Waals surface area contributed by atoms with Crippen LogP contribution in [0, 0.1) is 5.82 Å². The second-order valence-corrected chi connectivity index (χ2v) is 8.35. The van der Waals surface area contributed by atoms with Crippen LogP contribution in [0.5, 0.6) is 0 Å². The first kappa shape index (κ1) is 19.7. The lowest BCUT2D eigenvalue weighted by Crippen LogP contribution is -2.09. The van der Waals surface area contributed by atoms with Gasteiger partial charge < -0.3 is 0 Å². The third-order valence-corrected chi connectivity index (χ3v) is 6.61. The molecule has 31 heavy (non-hydrogen) atoms. The summed E-state index contributed by atoms with van der Waals surface area (Å²) in [6, 6.07) is 24.1. The Morgan fingerprint density at radius 1 is 0.806 bits per heavy atom. The van der Waals surface area contributed by atoms with E-state index in [0.29, 0.717) is 5.92 Å². The number of halogens is 1. The summed E-state index contributed by atoms with van der Waals surface area (Å²) in [6.45, 7) is 2.28. The number of rotatable bonds is 1. The van der Waals surface area contributed by atoms with Gasteiger partial charge in [0.15, 0.2) is 0 Å². The van der Waals surface area contributed by atoms with Gasteiger partial charge in [0.25, 0.3) is 0 Å². The van der Waals surface area contributed by atoms with Gasteiger partial charge in [-0.05, 0) is 81.8 Å². The summed E-state index contributed by atoms with van der Waals surface area (Å²) in [5, 5.41) is 6.73. The molecule has 1 atom stereocenters. The fraction of sp³-hybridized carbons (Fsp3) is 0.207. The molecule has 1 aromatic heterocycles. The third kappa shape index (κ3) is 3.67. The molecular formula is C29H26FN. The van der Waals surface area contributed by atoms with E-state index in [2.05, 4.69) is 42.2 Å². The number of aromatic nitrogens is 1. The second-order valence-electron chi connectivity index (χ2n) is 8.35. The molecule has 0 fully saturated rings. The van der Waals surface area contributed by atoms with Crippen molar-refractivity contribution < 1.29 is 4.39 Å². The predicted octanol–water partition coefficient (Wildman–Crippen LogP) is 8.20. The molecule has 2 heteroatoms. The van der Waals surface area contributed by atoms with Crippen molar-refractivity contribution in [2.75, 3.05) is 0 Å². The number of fused-ring (bicyclic) bond motifs is 6. The zero-order valence-corrected chi connectivity index (χ0v) is 17.8. The van der Waals surface area contributed by atoms with Gasteiger partial charge in [-0.1, -0.05) is 67.6 Å². The van der Waals surface area contributed by atoms with Crippen molar-refractivity contribution in [1.29, 1.82) is 0 Å². The van der Waals surface area contributed by atoms with Gasteiger partial charge in [0, 0.05) is 17.8 Å². The molecule has 0 amide bonds. The summed E-state index contributed by atoms with van der Waals surface area (Å²) in [4.78, 5) is 4.01. The number of benzene rings is 4. The Morgan fingerprint density at radius 2 is 1.58 bits per heavy atom. The molecule has 0 aliphatic heterocycles. The molecule has 0 bridgehead atoms. The van der Waals surface area contributed by atoms with E-state index in [-0.39, 0.29) is 5.82 Å². The number of aryl methyl sites for hydroxylation is 1. The third-order valence-electron chi connectivity index (χ3n) is 6.61. The SMILES string of the molecule is CCC1CCCc2c1ccc1c2ccc2c(F)cccc21.c1ccc2cnccc2c1. The average molecular weight is 408 g/mol. The maximum Gasteiger partial charge on any atom is 0.131 e. The molecule has 1 nitrogen and oxygen atoms in total.